The lowest BCUT2D eigenvalue weighted by atomic mass is 10.2. The van der Waals surface area contributed by atoms with Gasteiger partial charge in [0.25, 0.3) is 15.9 Å². The Kier molecular flexibility index (Phi) is 7.20. The zero-order chi connectivity index (χ0) is 23.1. The SMILES string of the molecule is COc1ccc(NC(=O)COc2ccccc2C#N)cc1S(=O)(=O)Nc1ccccc1Cl. The molecule has 3 aromatic rings. The maximum Gasteiger partial charge on any atom is 0.265 e. The standard InChI is InChI=1S/C22H18ClN3O5S/c1-30-20-11-10-16(25-22(27)14-31-19-9-5-2-6-15(19)13-24)12-21(20)32(28,29)26-18-8-4-3-7-17(18)23/h2-12,26H,14H2,1H3,(H,25,27). The average Bonchev–Trinajstić information content (AvgIpc) is 2.79. The molecule has 0 heterocycles. The number of nitrogens with zero attached hydrogens (tertiary/aromatic N) is 1. The molecule has 0 fully saturated rings. The predicted molar refractivity (Wildman–Crippen MR) is 121 cm³/mol. The summed E-state index contributed by atoms with van der Waals surface area (Å²) in [4.78, 5) is 12.1. The molecule has 32 heavy (non-hydrogen) atoms. The van der Waals surface area contributed by atoms with E-state index >= 15 is 0 Å². The summed E-state index contributed by atoms with van der Waals surface area (Å²) < 4.78 is 38.8. The number of carbonyl (C=O) groups is 1. The topological polar surface area (TPSA) is 118 Å². The number of amides is 1. The van der Waals surface area contributed by atoms with Crippen molar-refractivity contribution in [3.05, 3.63) is 77.3 Å². The molecule has 0 spiro atoms. The largest absolute Gasteiger partial charge is 0.495 e. The van der Waals surface area contributed by atoms with E-state index in [1.807, 2.05) is 6.07 Å². The lowest BCUT2D eigenvalue weighted by Crippen LogP contribution is -2.21. The molecule has 0 saturated heterocycles. The molecule has 0 radical (unpaired) electrons. The summed E-state index contributed by atoms with van der Waals surface area (Å²) >= 11 is 6.05. The van der Waals surface area contributed by atoms with Crippen LogP contribution in [0.5, 0.6) is 11.5 Å². The predicted octanol–water partition coefficient (Wildman–Crippen LogP) is 4.04. The minimum absolute atomic E-state index is 0.0850. The molecule has 10 heteroatoms. The third-order valence-corrected chi connectivity index (χ3v) is 5.94. The van der Waals surface area contributed by atoms with Crippen LogP contribution in [0.25, 0.3) is 0 Å². The Hall–Kier alpha value is -3.74. The van der Waals surface area contributed by atoms with Gasteiger partial charge in [0.1, 0.15) is 22.5 Å². The second-order valence-corrected chi connectivity index (χ2v) is 8.45. The Morgan fingerprint density at radius 1 is 1.06 bits per heavy atom. The van der Waals surface area contributed by atoms with Crippen molar-refractivity contribution in [2.75, 3.05) is 23.8 Å². The minimum Gasteiger partial charge on any atom is -0.495 e. The molecule has 3 aromatic carbocycles. The van der Waals surface area contributed by atoms with E-state index in [2.05, 4.69) is 10.0 Å². The fourth-order valence-electron chi connectivity index (χ4n) is 2.73. The number of carbonyl (C=O) groups excluding carboxylic acids is 1. The first-order chi connectivity index (χ1) is 15.3. The van der Waals surface area contributed by atoms with Gasteiger partial charge >= 0.3 is 0 Å². The summed E-state index contributed by atoms with van der Waals surface area (Å²) in [6.07, 6.45) is 0. The van der Waals surface area contributed by atoms with Gasteiger partial charge in [-0.05, 0) is 42.5 Å². The number of sulfonamides is 1. The van der Waals surface area contributed by atoms with Gasteiger partial charge in [0.2, 0.25) is 0 Å². The molecule has 0 aliphatic heterocycles. The van der Waals surface area contributed by atoms with E-state index in [4.69, 9.17) is 26.3 Å². The maximum atomic E-state index is 12.9. The van der Waals surface area contributed by atoms with Crippen LogP contribution in [0.4, 0.5) is 11.4 Å². The third kappa shape index (κ3) is 5.49. The molecule has 0 atom stereocenters. The highest BCUT2D eigenvalue weighted by Gasteiger charge is 2.22. The lowest BCUT2D eigenvalue weighted by molar-refractivity contribution is -0.118. The quantitative estimate of drug-likeness (QED) is 0.512. The molecule has 0 aliphatic rings. The Balaban J connectivity index is 1.77. The van der Waals surface area contributed by atoms with E-state index < -0.39 is 15.9 Å². The number of hydrogen-bond donors (Lipinski definition) is 2. The van der Waals surface area contributed by atoms with Gasteiger partial charge < -0.3 is 14.8 Å². The monoisotopic (exact) mass is 471 g/mol. The summed E-state index contributed by atoms with van der Waals surface area (Å²) in [5, 5.41) is 11.9. The van der Waals surface area contributed by atoms with E-state index in [-0.39, 0.29) is 39.4 Å². The van der Waals surface area contributed by atoms with E-state index in [1.54, 1.807) is 42.5 Å². The molecule has 0 unspecified atom stereocenters. The number of halogens is 1. The number of methoxy groups -OCH3 is 1. The summed E-state index contributed by atoms with van der Waals surface area (Å²) in [5.41, 5.74) is 0.714. The summed E-state index contributed by atoms with van der Waals surface area (Å²) in [5.74, 6) is -0.181. The number of ether oxygens (including phenoxy) is 2. The molecule has 0 bridgehead atoms. The normalized spacial score (nSPS) is 10.7. The highest BCUT2D eigenvalue weighted by Crippen LogP contribution is 2.30. The molecule has 0 aromatic heterocycles. The molecular formula is C22H18ClN3O5S. The highest BCUT2D eigenvalue weighted by molar-refractivity contribution is 7.92. The van der Waals surface area contributed by atoms with E-state index in [9.17, 15) is 13.2 Å². The van der Waals surface area contributed by atoms with Crippen LogP contribution in [0, 0.1) is 11.3 Å². The lowest BCUT2D eigenvalue weighted by Gasteiger charge is -2.14. The van der Waals surface area contributed by atoms with Crippen LogP contribution < -0.4 is 19.5 Å². The van der Waals surface area contributed by atoms with Crippen molar-refractivity contribution >= 4 is 38.9 Å². The van der Waals surface area contributed by atoms with Gasteiger partial charge in [0.15, 0.2) is 6.61 Å². The fourth-order valence-corrected chi connectivity index (χ4v) is 4.25. The third-order valence-electron chi connectivity index (χ3n) is 4.22. The zero-order valence-electron chi connectivity index (χ0n) is 16.8. The van der Waals surface area contributed by atoms with Gasteiger partial charge in [-0.2, -0.15) is 5.26 Å². The van der Waals surface area contributed by atoms with Crippen LogP contribution >= 0.6 is 11.6 Å². The van der Waals surface area contributed by atoms with Crippen LogP contribution in [-0.2, 0) is 14.8 Å². The number of para-hydroxylation sites is 2. The molecular weight excluding hydrogens is 454 g/mol. The number of benzene rings is 3. The number of nitriles is 1. The Morgan fingerprint density at radius 3 is 2.50 bits per heavy atom. The Morgan fingerprint density at radius 2 is 1.78 bits per heavy atom. The van der Waals surface area contributed by atoms with Crippen molar-refractivity contribution in [2.24, 2.45) is 0 Å². The van der Waals surface area contributed by atoms with Crippen LogP contribution in [0.3, 0.4) is 0 Å². The Labute approximate surface area is 190 Å². The summed E-state index contributed by atoms with van der Waals surface area (Å²) in [6, 6.07) is 19.1. The van der Waals surface area contributed by atoms with Crippen molar-refractivity contribution < 1.29 is 22.7 Å². The number of hydrogen-bond acceptors (Lipinski definition) is 6. The van der Waals surface area contributed by atoms with Crippen LogP contribution in [0.2, 0.25) is 5.02 Å². The van der Waals surface area contributed by atoms with Gasteiger partial charge in [-0.15, -0.1) is 0 Å². The van der Waals surface area contributed by atoms with Crippen LogP contribution in [0.1, 0.15) is 5.56 Å². The average molecular weight is 472 g/mol. The zero-order valence-corrected chi connectivity index (χ0v) is 18.4. The summed E-state index contributed by atoms with van der Waals surface area (Å²) in [6.45, 7) is -0.370. The number of anilines is 2. The van der Waals surface area contributed by atoms with Crippen molar-refractivity contribution in [1.82, 2.24) is 0 Å². The number of rotatable bonds is 8. The Bertz CT molecular complexity index is 1290. The van der Waals surface area contributed by atoms with Crippen molar-refractivity contribution in [2.45, 2.75) is 4.90 Å². The van der Waals surface area contributed by atoms with Crippen LogP contribution in [0.15, 0.2) is 71.6 Å². The smallest absolute Gasteiger partial charge is 0.265 e. The molecule has 2 N–H and O–H groups in total. The van der Waals surface area contributed by atoms with Gasteiger partial charge in [-0.1, -0.05) is 35.9 Å². The van der Waals surface area contributed by atoms with Crippen molar-refractivity contribution in [3.8, 4) is 17.6 Å². The van der Waals surface area contributed by atoms with Crippen molar-refractivity contribution in [1.29, 1.82) is 5.26 Å². The first-order valence-electron chi connectivity index (χ1n) is 9.21. The first kappa shape index (κ1) is 22.9. The second kappa shape index (κ2) is 10.0. The van der Waals surface area contributed by atoms with Gasteiger partial charge in [0, 0.05) is 5.69 Å². The molecule has 1 amide bonds. The van der Waals surface area contributed by atoms with Crippen LogP contribution in [-0.4, -0.2) is 28.0 Å². The van der Waals surface area contributed by atoms with E-state index in [0.29, 0.717) is 5.56 Å². The van der Waals surface area contributed by atoms with E-state index in [1.165, 1.54) is 31.4 Å². The molecule has 8 nitrogen and oxygen atoms in total. The van der Waals surface area contributed by atoms with Gasteiger partial charge in [-0.3, -0.25) is 9.52 Å². The fraction of sp³-hybridized carbons (Fsp3) is 0.0909. The maximum absolute atomic E-state index is 12.9. The number of nitrogens with one attached hydrogen (secondary N) is 2. The molecule has 0 saturated carbocycles. The van der Waals surface area contributed by atoms with Crippen molar-refractivity contribution in [3.63, 3.8) is 0 Å². The van der Waals surface area contributed by atoms with Gasteiger partial charge in [0.05, 0.1) is 23.4 Å². The molecule has 164 valence electrons. The second-order valence-electron chi connectivity index (χ2n) is 6.40. The first-order valence-corrected chi connectivity index (χ1v) is 11.1. The molecule has 3 rings (SSSR count). The summed E-state index contributed by atoms with van der Waals surface area (Å²) in [7, 11) is -2.74. The van der Waals surface area contributed by atoms with E-state index in [0.717, 1.165) is 0 Å². The highest BCUT2D eigenvalue weighted by atomic mass is 35.5. The molecule has 0 aliphatic carbocycles. The minimum atomic E-state index is -4.08. The van der Waals surface area contributed by atoms with Gasteiger partial charge in [-0.25, -0.2) is 8.42 Å².